The standard InChI is InChI=1S/C18H30N4O/c1-19-18(21-11-14-22-12-4-3-5-13-22)20-10-9-16-7-6-8-17(15-16)23-2/h6-8,15H,3-5,9-14H2,1-2H3,(H2,19,20,21). The molecule has 1 aliphatic heterocycles. The number of nitrogens with zero attached hydrogens (tertiary/aromatic N) is 2. The van der Waals surface area contributed by atoms with Crippen molar-refractivity contribution < 1.29 is 4.74 Å². The van der Waals surface area contributed by atoms with E-state index in [0.717, 1.165) is 37.8 Å². The van der Waals surface area contributed by atoms with Gasteiger partial charge in [0.1, 0.15) is 5.75 Å². The minimum atomic E-state index is 0.858. The molecular weight excluding hydrogens is 288 g/mol. The largest absolute Gasteiger partial charge is 0.497 e. The van der Waals surface area contributed by atoms with Crippen molar-refractivity contribution in [3.05, 3.63) is 29.8 Å². The molecule has 0 spiro atoms. The average molecular weight is 318 g/mol. The van der Waals surface area contributed by atoms with E-state index in [2.05, 4.69) is 32.7 Å². The van der Waals surface area contributed by atoms with Crippen LogP contribution in [-0.2, 0) is 6.42 Å². The summed E-state index contributed by atoms with van der Waals surface area (Å²) in [7, 11) is 3.52. The maximum Gasteiger partial charge on any atom is 0.191 e. The van der Waals surface area contributed by atoms with Gasteiger partial charge < -0.3 is 20.3 Å². The van der Waals surface area contributed by atoms with Gasteiger partial charge in [0, 0.05) is 26.7 Å². The molecule has 0 radical (unpaired) electrons. The van der Waals surface area contributed by atoms with Crippen LogP contribution < -0.4 is 15.4 Å². The molecule has 1 heterocycles. The third-order valence-electron chi connectivity index (χ3n) is 4.23. The first kappa shape index (κ1) is 17.6. The zero-order valence-corrected chi connectivity index (χ0v) is 14.5. The number of likely N-dealkylation sites (tertiary alicyclic amines) is 1. The van der Waals surface area contributed by atoms with Gasteiger partial charge in [-0.2, -0.15) is 0 Å². The van der Waals surface area contributed by atoms with Crippen LogP contribution in [-0.4, -0.2) is 57.7 Å². The SMILES string of the molecule is CN=C(NCCc1cccc(OC)c1)NCCN1CCCCC1. The maximum atomic E-state index is 5.25. The van der Waals surface area contributed by atoms with E-state index in [1.807, 2.05) is 19.2 Å². The van der Waals surface area contributed by atoms with E-state index in [9.17, 15) is 0 Å². The zero-order valence-electron chi connectivity index (χ0n) is 14.5. The van der Waals surface area contributed by atoms with Crippen LogP contribution in [0.4, 0.5) is 0 Å². The highest BCUT2D eigenvalue weighted by Gasteiger charge is 2.09. The van der Waals surface area contributed by atoms with Crippen LogP contribution in [0.3, 0.4) is 0 Å². The van der Waals surface area contributed by atoms with Crippen molar-refractivity contribution in [2.24, 2.45) is 4.99 Å². The Kier molecular flexibility index (Phi) is 7.73. The molecule has 23 heavy (non-hydrogen) atoms. The number of ether oxygens (including phenoxy) is 1. The van der Waals surface area contributed by atoms with Crippen LogP contribution in [0.1, 0.15) is 24.8 Å². The molecule has 1 aliphatic rings. The van der Waals surface area contributed by atoms with Crippen LogP contribution in [0.15, 0.2) is 29.3 Å². The lowest BCUT2D eigenvalue weighted by atomic mass is 10.1. The number of hydrogen-bond acceptors (Lipinski definition) is 3. The molecule has 2 rings (SSSR count). The fourth-order valence-electron chi connectivity index (χ4n) is 2.89. The summed E-state index contributed by atoms with van der Waals surface area (Å²) in [5.74, 6) is 1.79. The molecular formula is C18H30N4O. The Morgan fingerprint density at radius 3 is 2.70 bits per heavy atom. The molecule has 5 nitrogen and oxygen atoms in total. The number of nitrogens with one attached hydrogen (secondary N) is 2. The predicted molar refractivity (Wildman–Crippen MR) is 96.4 cm³/mol. The van der Waals surface area contributed by atoms with Crippen molar-refractivity contribution in [1.82, 2.24) is 15.5 Å². The smallest absolute Gasteiger partial charge is 0.191 e. The van der Waals surface area contributed by atoms with Crippen molar-refractivity contribution in [2.45, 2.75) is 25.7 Å². The Morgan fingerprint density at radius 2 is 1.96 bits per heavy atom. The van der Waals surface area contributed by atoms with Crippen LogP contribution in [0.5, 0.6) is 5.75 Å². The highest BCUT2D eigenvalue weighted by molar-refractivity contribution is 5.79. The molecule has 1 aromatic carbocycles. The molecule has 0 atom stereocenters. The summed E-state index contributed by atoms with van der Waals surface area (Å²) in [5, 5.41) is 6.77. The lowest BCUT2D eigenvalue weighted by molar-refractivity contribution is 0.232. The molecule has 1 aromatic rings. The Hall–Kier alpha value is -1.75. The number of rotatable bonds is 7. The summed E-state index contributed by atoms with van der Waals surface area (Å²) in [5.41, 5.74) is 1.26. The lowest BCUT2D eigenvalue weighted by Gasteiger charge is -2.26. The van der Waals surface area contributed by atoms with Gasteiger partial charge in [0.25, 0.3) is 0 Å². The molecule has 1 saturated heterocycles. The highest BCUT2D eigenvalue weighted by atomic mass is 16.5. The Morgan fingerprint density at radius 1 is 1.17 bits per heavy atom. The van der Waals surface area contributed by atoms with Gasteiger partial charge in [-0.3, -0.25) is 4.99 Å². The highest BCUT2D eigenvalue weighted by Crippen LogP contribution is 2.12. The summed E-state index contributed by atoms with van der Waals surface area (Å²) in [6.07, 6.45) is 5.02. The molecule has 0 aromatic heterocycles. The van der Waals surface area contributed by atoms with Crippen LogP contribution in [0.25, 0.3) is 0 Å². The fraction of sp³-hybridized carbons (Fsp3) is 0.611. The van der Waals surface area contributed by atoms with E-state index < -0.39 is 0 Å². The van der Waals surface area contributed by atoms with Gasteiger partial charge in [0.15, 0.2) is 5.96 Å². The molecule has 128 valence electrons. The van der Waals surface area contributed by atoms with E-state index in [4.69, 9.17) is 4.74 Å². The van der Waals surface area contributed by atoms with E-state index in [1.165, 1.54) is 37.9 Å². The minimum absolute atomic E-state index is 0.858. The number of piperidine rings is 1. The summed E-state index contributed by atoms with van der Waals surface area (Å²) >= 11 is 0. The second-order valence-corrected chi connectivity index (χ2v) is 5.93. The van der Waals surface area contributed by atoms with Crippen LogP contribution in [0, 0.1) is 0 Å². The summed E-state index contributed by atoms with van der Waals surface area (Å²) < 4.78 is 5.25. The van der Waals surface area contributed by atoms with Crippen LogP contribution >= 0.6 is 0 Å². The van der Waals surface area contributed by atoms with E-state index in [1.54, 1.807) is 7.11 Å². The fourth-order valence-corrected chi connectivity index (χ4v) is 2.89. The average Bonchev–Trinajstić information content (AvgIpc) is 2.61. The minimum Gasteiger partial charge on any atom is -0.497 e. The number of aliphatic imine (C=N–C) groups is 1. The molecule has 0 bridgehead atoms. The van der Waals surface area contributed by atoms with Crippen LogP contribution in [0.2, 0.25) is 0 Å². The molecule has 0 unspecified atom stereocenters. The number of hydrogen-bond donors (Lipinski definition) is 2. The third-order valence-corrected chi connectivity index (χ3v) is 4.23. The molecule has 1 fully saturated rings. The van der Waals surface area contributed by atoms with Gasteiger partial charge in [-0.15, -0.1) is 0 Å². The summed E-state index contributed by atoms with van der Waals surface area (Å²) in [6, 6.07) is 8.20. The van der Waals surface area contributed by atoms with E-state index in [-0.39, 0.29) is 0 Å². The summed E-state index contributed by atoms with van der Waals surface area (Å²) in [4.78, 5) is 6.81. The third kappa shape index (κ3) is 6.48. The van der Waals surface area contributed by atoms with Gasteiger partial charge in [0.05, 0.1) is 7.11 Å². The second-order valence-electron chi connectivity index (χ2n) is 5.93. The normalized spacial score (nSPS) is 16.2. The number of guanidine groups is 1. The summed E-state index contributed by atoms with van der Waals surface area (Å²) in [6.45, 7) is 5.37. The van der Waals surface area contributed by atoms with E-state index >= 15 is 0 Å². The Balaban J connectivity index is 1.64. The predicted octanol–water partition coefficient (Wildman–Crippen LogP) is 1.89. The van der Waals surface area contributed by atoms with E-state index in [0.29, 0.717) is 0 Å². The van der Waals surface area contributed by atoms with Crippen molar-refractivity contribution in [2.75, 3.05) is 46.9 Å². The molecule has 0 amide bonds. The molecule has 5 heteroatoms. The topological polar surface area (TPSA) is 48.9 Å². The molecule has 0 aliphatic carbocycles. The lowest BCUT2D eigenvalue weighted by Crippen LogP contribution is -2.43. The van der Waals surface area contributed by atoms with Crippen molar-refractivity contribution in [1.29, 1.82) is 0 Å². The maximum absolute atomic E-state index is 5.25. The molecule has 2 N–H and O–H groups in total. The number of benzene rings is 1. The first-order valence-corrected chi connectivity index (χ1v) is 8.61. The van der Waals surface area contributed by atoms with Gasteiger partial charge in [-0.1, -0.05) is 18.6 Å². The zero-order chi connectivity index (χ0) is 16.3. The second kappa shape index (κ2) is 10.1. The first-order chi connectivity index (χ1) is 11.3. The Labute approximate surface area is 140 Å². The van der Waals surface area contributed by atoms with Gasteiger partial charge in [-0.05, 0) is 50.0 Å². The number of methoxy groups -OCH3 is 1. The molecule has 0 saturated carbocycles. The Bertz CT molecular complexity index is 484. The van der Waals surface area contributed by atoms with Crippen molar-refractivity contribution >= 4 is 5.96 Å². The van der Waals surface area contributed by atoms with Crippen molar-refractivity contribution in [3.8, 4) is 5.75 Å². The quantitative estimate of drug-likeness (QED) is 0.595. The first-order valence-electron chi connectivity index (χ1n) is 8.61. The van der Waals surface area contributed by atoms with Crippen molar-refractivity contribution in [3.63, 3.8) is 0 Å². The van der Waals surface area contributed by atoms with Gasteiger partial charge in [0.2, 0.25) is 0 Å². The van der Waals surface area contributed by atoms with Gasteiger partial charge in [-0.25, -0.2) is 0 Å². The monoisotopic (exact) mass is 318 g/mol. The van der Waals surface area contributed by atoms with Gasteiger partial charge >= 0.3 is 0 Å².